The average molecular weight is 584 g/mol. The van der Waals surface area contributed by atoms with Gasteiger partial charge in [-0.25, -0.2) is 14.8 Å². The van der Waals surface area contributed by atoms with E-state index in [1.165, 1.54) is 0 Å². The summed E-state index contributed by atoms with van der Waals surface area (Å²) in [6.45, 7) is 13.1. The minimum absolute atomic E-state index is 0.276. The second kappa shape index (κ2) is 11.1. The second-order valence-electron chi connectivity index (χ2n) is 12.7. The fourth-order valence-corrected chi connectivity index (χ4v) is 6.19. The van der Waals surface area contributed by atoms with E-state index in [0.29, 0.717) is 47.3 Å². The summed E-state index contributed by atoms with van der Waals surface area (Å²) < 4.78 is 13.1. The van der Waals surface area contributed by atoms with E-state index in [1.54, 1.807) is 18.2 Å². The number of fused-ring (bicyclic) bond motifs is 1. The minimum atomic E-state index is -1.42. The Morgan fingerprint density at radius 3 is 2.46 bits per heavy atom. The van der Waals surface area contributed by atoms with Crippen LogP contribution in [0, 0.1) is 18.8 Å². The largest absolute Gasteiger partial charge is 0.481 e. The van der Waals surface area contributed by atoms with E-state index >= 15 is 0 Å². The van der Waals surface area contributed by atoms with Gasteiger partial charge in [-0.3, -0.25) is 4.90 Å². The molecule has 0 aliphatic carbocycles. The Morgan fingerprint density at radius 2 is 1.88 bits per heavy atom. The lowest BCUT2D eigenvalue weighted by Crippen LogP contribution is -2.59. The smallest absolute Gasteiger partial charge is 0.410 e. The first-order chi connectivity index (χ1) is 19.3. The van der Waals surface area contributed by atoms with E-state index < -0.39 is 11.2 Å². The number of imidazole rings is 1. The van der Waals surface area contributed by atoms with Crippen molar-refractivity contribution in [2.75, 3.05) is 33.3 Å². The van der Waals surface area contributed by atoms with Gasteiger partial charge in [-0.1, -0.05) is 24.6 Å². The number of pyridine rings is 1. The lowest BCUT2D eigenvalue weighted by atomic mass is 9.74. The van der Waals surface area contributed by atoms with E-state index in [1.807, 2.05) is 57.5 Å². The first kappa shape index (κ1) is 29.6. The van der Waals surface area contributed by atoms with Crippen LogP contribution in [0.15, 0.2) is 24.4 Å². The van der Waals surface area contributed by atoms with Gasteiger partial charge in [0.05, 0.1) is 29.5 Å². The Kier molecular flexibility index (Phi) is 8.00. The molecule has 222 valence electrons. The van der Waals surface area contributed by atoms with E-state index in [9.17, 15) is 9.90 Å². The van der Waals surface area contributed by atoms with E-state index in [0.717, 1.165) is 48.6 Å². The standard InChI is InChI=1S/C31H42ClN5O4/c1-19-10-12-36(13-11-19)18-24-27(32)23-14-21(8-9-25(23)34-28(24)40-7)31(39,26-15-33-20(2)35(26)6)22-16-37(17-22)29(38)41-30(3,4)5/h8-9,14-15,19,22,39H,10-13,16-18H2,1-7H3. The van der Waals surface area contributed by atoms with Gasteiger partial charge in [0.25, 0.3) is 0 Å². The number of amides is 1. The summed E-state index contributed by atoms with van der Waals surface area (Å²) in [5, 5.41) is 13.9. The first-order valence-corrected chi connectivity index (χ1v) is 14.8. The van der Waals surface area contributed by atoms with Crippen LogP contribution in [0.3, 0.4) is 0 Å². The summed E-state index contributed by atoms with van der Waals surface area (Å²) in [4.78, 5) is 26.0. The number of benzene rings is 1. The maximum Gasteiger partial charge on any atom is 0.410 e. The number of rotatable bonds is 6. The lowest BCUT2D eigenvalue weighted by molar-refractivity contribution is -0.0722. The van der Waals surface area contributed by atoms with E-state index in [2.05, 4.69) is 16.8 Å². The quantitative estimate of drug-likeness (QED) is 0.422. The van der Waals surface area contributed by atoms with Crippen molar-refractivity contribution in [3.05, 3.63) is 52.1 Å². The molecule has 2 aliphatic heterocycles. The highest BCUT2D eigenvalue weighted by Gasteiger charge is 2.50. The number of aliphatic hydroxyl groups is 1. The SMILES string of the molecule is COc1nc2ccc(C(O)(c3cnc(C)n3C)C3CN(C(=O)OC(C)(C)C)C3)cc2c(Cl)c1CN1CCC(C)CC1. The molecule has 10 heteroatoms. The Labute approximate surface area is 247 Å². The van der Waals surface area contributed by atoms with Gasteiger partial charge in [0.15, 0.2) is 0 Å². The summed E-state index contributed by atoms with van der Waals surface area (Å²) in [5.74, 6) is 1.76. The number of methoxy groups -OCH3 is 1. The van der Waals surface area contributed by atoms with Gasteiger partial charge in [0.1, 0.15) is 17.0 Å². The fraction of sp³-hybridized carbons (Fsp3) is 0.581. The molecule has 41 heavy (non-hydrogen) atoms. The number of aryl methyl sites for hydroxylation is 1. The molecular formula is C31H42ClN5O4. The fourth-order valence-electron chi connectivity index (χ4n) is 5.90. The predicted octanol–water partition coefficient (Wildman–Crippen LogP) is 5.27. The summed E-state index contributed by atoms with van der Waals surface area (Å²) >= 11 is 7.12. The molecule has 0 bridgehead atoms. The zero-order chi connectivity index (χ0) is 29.7. The number of aromatic nitrogens is 3. The van der Waals surface area contributed by atoms with Crippen LogP contribution in [0.1, 0.15) is 63.2 Å². The lowest BCUT2D eigenvalue weighted by Gasteiger charge is -2.48. The van der Waals surface area contributed by atoms with Gasteiger partial charge in [0, 0.05) is 43.5 Å². The van der Waals surface area contributed by atoms with Crippen molar-refractivity contribution in [1.82, 2.24) is 24.3 Å². The molecule has 5 rings (SSSR count). The normalized spacial score (nSPS) is 18.8. The number of likely N-dealkylation sites (tertiary alicyclic amines) is 2. The van der Waals surface area contributed by atoms with Crippen molar-refractivity contribution in [2.24, 2.45) is 18.9 Å². The Morgan fingerprint density at radius 1 is 1.20 bits per heavy atom. The number of ether oxygens (including phenoxy) is 2. The number of nitrogens with zero attached hydrogens (tertiary/aromatic N) is 5. The molecule has 1 N–H and O–H groups in total. The van der Waals surface area contributed by atoms with Crippen molar-refractivity contribution in [3.63, 3.8) is 0 Å². The van der Waals surface area contributed by atoms with Crippen LogP contribution in [0.25, 0.3) is 10.9 Å². The molecule has 2 fully saturated rings. The molecule has 2 saturated heterocycles. The van der Waals surface area contributed by atoms with Crippen LogP contribution >= 0.6 is 11.6 Å². The molecule has 4 heterocycles. The molecule has 3 aromatic rings. The van der Waals surface area contributed by atoms with E-state index in [4.69, 9.17) is 26.1 Å². The first-order valence-electron chi connectivity index (χ1n) is 14.4. The number of piperidine rings is 1. The van der Waals surface area contributed by atoms with Gasteiger partial charge in [-0.15, -0.1) is 0 Å². The molecule has 1 unspecified atom stereocenters. The highest BCUT2D eigenvalue weighted by Crippen LogP contribution is 2.44. The van der Waals surface area contributed by atoms with Crippen molar-refractivity contribution in [1.29, 1.82) is 0 Å². The molecule has 9 nitrogen and oxygen atoms in total. The number of carbonyl (C=O) groups is 1. The van der Waals surface area contributed by atoms with Gasteiger partial charge in [-0.2, -0.15) is 0 Å². The Bertz CT molecular complexity index is 1440. The third kappa shape index (κ3) is 5.64. The maximum atomic E-state index is 12.7. The summed E-state index contributed by atoms with van der Waals surface area (Å²) in [7, 11) is 3.52. The Balaban J connectivity index is 1.53. The number of halogens is 1. The highest BCUT2D eigenvalue weighted by molar-refractivity contribution is 6.36. The molecule has 2 aliphatic rings. The molecule has 1 amide bonds. The van der Waals surface area contributed by atoms with Crippen LogP contribution in [0.2, 0.25) is 5.02 Å². The third-order valence-corrected chi connectivity index (χ3v) is 9.04. The zero-order valence-corrected chi connectivity index (χ0v) is 26.0. The summed E-state index contributed by atoms with van der Waals surface area (Å²) in [6.07, 6.45) is 3.65. The minimum Gasteiger partial charge on any atom is -0.481 e. The number of hydrogen-bond donors (Lipinski definition) is 1. The number of carbonyl (C=O) groups excluding carboxylic acids is 1. The Hall–Kier alpha value is -2.88. The molecule has 1 aromatic carbocycles. The average Bonchev–Trinajstić information content (AvgIpc) is 3.22. The third-order valence-electron chi connectivity index (χ3n) is 8.60. The molecular weight excluding hydrogens is 542 g/mol. The molecule has 0 radical (unpaired) electrons. The zero-order valence-electron chi connectivity index (χ0n) is 25.2. The molecule has 0 spiro atoms. The number of hydrogen-bond acceptors (Lipinski definition) is 7. The van der Waals surface area contributed by atoms with Gasteiger partial charge in [0.2, 0.25) is 5.88 Å². The van der Waals surface area contributed by atoms with Crippen LogP contribution < -0.4 is 4.74 Å². The monoisotopic (exact) mass is 583 g/mol. The van der Waals surface area contributed by atoms with Crippen LogP contribution in [0.4, 0.5) is 4.79 Å². The van der Waals surface area contributed by atoms with Gasteiger partial charge < -0.3 is 24.0 Å². The van der Waals surface area contributed by atoms with Crippen molar-refractivity contribution in [2.45, 2.75) is 65.2 Å². The summed E-state index contributed by atoms with van der Waals surface area (Å²) in [5.41, 5.74) is 0.865. The molecule has 1 atom stereocenters. The topological polar surface area (TPSA) is 93.0 Å². The van der Waals surface area contributed by atoms with Crippen LogP contribution in [-0.2, 0) is 23.9 Å². The van der Waals surface area contributed by atoms with Crippen LogP contribution in [-0.4, -0.2) is 74.4 Å². The van der Waals surface area contributed by atoms with Crippen LogP contribution in [0.5, 0.6) is 5.88 Å². The molecule has 2 aromatic heterocycles. The van der Waals surface area contributed by atoms with Gasteiger partial charge >= 0.3 is 6.09 Å². The van der Waals surface area contributed by atoms with Crippen molar-refractivity contribution < 1.29 is 19.4 Å². The van der Waals surface area contributed by atoms with Gasteiger partial charge in [-0.05, 0) is 77.2 Å². The van der Waals surface area contributed by atoms with Crippen molar-refractivity contribution in [3.8, 4) is 5.88 Å². The molecule has 0 saturated carbocycles. The summed E-state index contributed by atoms with van der Waals surface area (Å²) in [6, 6.07) is 5.70. The van der Waals surface area contributed by atoms with Crippen molar-refractivity contribution >= 4 is 28.6 Å². The second-order valence-corrected chi connectivity index (χ2v) is 13.1. The van der Waals surface area contributed by atoms with E-state index in [-0.39, 0.29) is 12.0 Å². The predicted molar refractivity (Wildman–Crippen MR) is 159 cm³/mol. The maximum absolute atomic E-state index is 12.7. The highest BCUT2D eigenvalue weighted by atomic mass is 35.5.